The summed E-state index contributed by atoms with van der Waals surface area (Å²) < 4.78 is 0. The lowest BCUT2D eigenvalue weighted by atomic mass is 10.0. The van der Waals surface area contributed by atoms with Crippen LogP contribution in [0.2, 0.25) is 0 Å². The van der Waals surface area contributed by atoms with Crippen LogP contribution in [0.1, 0.15) is 5.56 Å². The predicted octanol–water partition coefficient (Wildman–Crippen LogP) is 1.40. The van der Waals surface area contributed by atoms with Crippen LogP contribution in [-0.4, -0.2) is 23.6 Å². The molecule has 0 saturated heterocycles. The van der Waals surface area contributed by atoms with E-state index < -0.39 is 6.04 Å². The maximum absolute atomic E-state index is 12.5. The van der Waals surface area contributed by atoms with Gasteiger partial charge in [-0.2, -0.15) is 0 Å². The average molecular weight is 293 g/mol. The molecule has 0 radical (unpaired) electrons. The minimum absolute atomic E-state index is 0.158. The van der Waals surface area contributed by atoms with Gasteiger partial charge in [0.05, 0.1) is 17.1 Å². The van der Waals surface area contributed by atoms with E-state index in [1.807, 2.05) is 48.5 Å². The van der Waals surface area contributed by atoms with Crippen molar-refractivity contribution in [3.8, 4) is 0 Å². The number of carbonyl (C=O) groups excluding carboxylic acids is 1. The van der Waals surface area contributed by atoms with E-state index in [-0.39, 0.29) is 11.9 Å². The van der Waals surface area contributed by atoms with E-state index in [0.717, 1.165) is 5.56 Å². The summed E-state index contributed by atoms with van der Waals surface area (Å²) >= 11 is 0. The van der Waals surface area contributed by atoms with Gasteiger partial charge < -0.3 is 16.8 Å². The molecule has 2 aromatic carbocycles. The molecule has 0 bridgehead atoms. The van der Waals surface area contributed by atoms with E-state index in [9.17, 15) is 4.79 Å². The highest BCUT2D eigenvalue weighted by Gasteiger charge is 2.28. The van der Waals surface area contributed by atoms with E-state index >= 15 is 0 Å². The van der Waals surface area contributed by atoms with E-state index in [2.05, 4.69) is 15.3 Å². The minimum Gasteiger partial charge on any atom is -0.370 e. The van der Waals surface area contributed by atoms with Crippen molar-refractivity contribution in [1.82, 2.24) is 0 Å². The van der Waals surface area contributed by atoms with Gasteiger partial charge in [0.25, 0.3) is 5.91 Å². The van der Waals surface area contributed by atoms with Gasteiger partial charge in [-0.15, -0.1) is 0 Å². The molecule has 5 N–H and O–H groups in total. The molecule has 1 heterocycles. The first-order chi connectivity index (χ1) is 10.6. The summed E-state index contributed by atoms with van der Waals surface area (Å²) in [5.41, 5.74) is 13.6. The second-order valence-electron chi connectivity index (χ2n) is 4.83. The summed E-state index contributed by atoms with van der Waals surface area (Å²) in [7, 11) is 0. The smallest absolute Gasteiger partial charge is 0.255 e. The molecule has 1 aliphatic rings. The Morgan fingerprint density at radius 3 is 2.45 bits per heavy atom. The number of para-hydroxylation sites is 2. The normalized spacial score (nSPS) is 16.8. The van der Waals surface area contributed by atoms with Crippen LogP contribution in [0, 0.1) is 0 Å². The highest BCUT2D eigenvalue weighted by molar-refractivity contribution is 6.22. The number of nitrogens with zero attached hydrogens (tertiary/aromatic N) is 2. The zero-order valence-electron chi connectivity index (χ0n) is 11.7. The number of amides is 1. The number of anilines is 1. The Morgan fingerprint density at radius 1 is 1.05 bits per heavy atom. The van der Waals surface area contributed by atoms with Gasteiger partial charge in [0.2, 0.25) is 0 Å². The van der Waals surface area contributed by atoms with E-state index in [0.29, 0.717) is 17.1 Å². The van der Waals surface area contributed by atoms with Gasteiger partial charge in [-0.3, -0.25) is 4.79 Å². The lowest BCUT2D eigenvalue weighted by Gasteiger charge is -2.13. The number of carbonyl (C=O) groups is 1. The van der Waals surface area contributed by atoms with Crippen molar-refractivity contribution in [3.63, 3.8) is 0 Å². The van der Waals surface area contributed by atoms with Crippen molar-refractivity contribution < 1.29 is 4.79 Å². The molecule has 1 aliphatic heterocycles. The van der Waals surface area contributed by atoms with Gasteiger partial charge in [-0.1, -0.05) is 42.5 Å². The van der Waals surface area contributed by atoms with Crippen LogP contribution in [-0.2, 0) is 4.79 Å². The fourth-order valence-electron chi connectivity index (χ4n) is 2.29. The third-order valence-electron chi connectivity index (χ3n) is 3.26. The molecular weight excluding hydrogens is 278 g/mol. The van der Waals surface area contributed by atoms with Crippen LogP contribution >= 0.6 is 0 Å². The first-order valence-corrected chi connectivity index (χ1v) is 6.78. The fraction of sp³-hybridized carbons (Fsp3) is 0.0625. The molecule has 110 valence electrons. The number of hydrogen-bond acceptors (Lipinski definition) is 3. The van der Waals surface area contributed by atoms with Gasteiger partial charge in [0.15, 0.2) is 12.0 Å². The van der Waals surface area contributed by atoms with Gasteiger partial charge in [0.1, 0.15) is 0 Å². The van der Waals surface area contributed by atoms with Gasteiger partial charge in [0, 0.05) is 0 Å². The minimum atomic E-state index is -0.889. The SMILES string of the molecule is NC(N)=NC1C(=O)Nc2ccccc2N=C1c1ccccc1. The predicted molar refractivity (Wildman–Crippen MR) is 87.3 cm³/mol. The summed E-state index contributed by atoms with van der Waals surface area (Å²) in [6.07, 6.45) is 0. The highest BCUT2D eigenvalue weighted by Crippen LogP contribution is 2.29. The quantitative estimate of drug-likeness (QED) is 0.575. The summed E-state index contributed by atoms with van der Waals surface area (Å²) in [5.74, 6) is -0.476. The van der Waals surface area contributed by atoms with Crippen molar-refractivity contribution in [3.05, 3.63) is 60.2 Å². The van der Waals surface area contributed by atoms with Crippen LogP contribution in [0.3, 0.4) is 0 Å². The molecule has 0 aromatic heterocycles. The topological polar surface area (TPSA) is 106 Å². The third-order valence-corrected chi connectivity index (χ3v) is 3.26. The Balaban J connectivity index is 2.20. The van der Waals surface area contributed by atoms with Crippen molar-refractivity contribution in [2.75, 3.05) is 5.32 Å². The molecule has 6 heteroatoms. The number of nitrogens with one attached hydrogen (secondary N) is 1. The maximum atomic E-state index is 12.5. The molecular formula is C16H15N5O. The summed E-state index contributed by atoms with van der Waals surface area (Å²) in [6, 6.07) is 15.8. The maximum Gasteiger partial charge on any atom is 0.255 e. The zero-order valence-corrected chi connectivity index (χ0v) is 11.7. The van der Waals surface area contributed by atoms with E-state index in [1.165, 1.54) is 0 Å². The van der Waals surface area contributed by atoms with Gasteiger partial charge in [-0.05, 0) is 17.7 Å². The fourth-order valence-corrected chi connectivity index (χ4v) is 2.29. The molecule has 1 amide bonds. The Kier molecular flexibility index (Phi) is 3.57. The van der Waals surface area contributed by atoms with Gasteiger partial charge in [-0.25, -0.2) is 9.98 Å². The number of aliphatic imine (C=N–C) groups is 2. The molecule has 0 fully saturated rings. The van der Waals surface area contributed by atoms with Crippen LogP contribution in [0.4, 0.5) is 11.4 Å². The number of nitrogens with two attached hydrogens (primary N) is 2. The Bertz CT molecular complexity index is 763. The van der Waals surface area contributed by atoms with Crippen molar-refractivity contribution in [2.24, 2.45) is 21.5 Å². The molecule has 0 saturated carbocycles. The summed E-state index contributed by atoms with van der Waals surface area (Å²) in [6.45, 7) is 0. The molecule has 3 rings (SSSR count). The second-order valence-corrected chi connectivity index (χ2v) is 4.83. The molecule has 0 aliphatic carbocycles. The molecule has 1 atom stereocenters. The van der Waals surface area contributed by atoms with Crippen LogP contribution in [0.25, 0.3) is 0 Å². The lowest BCUT2D eigenvalue weighted by molar-refractivity contribution is -0.116. The van der Waals surface area contributed by atoms with Gasteiger partial charge >= 0.3 is 0 Å². The number of fused-ring (bicyclic) bond motifs is 1. The number of hydrogen-bond donors (Lipinski definition) is 3. The summed E-state index contributed by atoms with van der Waals surface area (Å²) in [5, 5.41) is 2.81. The van der Waals surface area contributed by atoms with E-state index in [1.54, 1.807) is 6.07 Å². The molecule has 6 nitrogen and oxygen atoms in total. The standard InChI is InChI=1S/C16H15N5O/c17-16(18)21-14-13(10-6-2-1-3-7-10)19-11-8-4-5-9-12(11)20-15(14)22/h1-9,14H,(H,20,22)(H4,17,18,21). The monoisotopic (exact) mass is 293 g/mol. The Morgan fingerprint density at radius 2 is 1.73 bits per heavy atom. The molecule has 2 aromatic rings. The van der Waals surface area contributed by atoms with Crippen LogP contribution in [0.15, 0.2) is 64.6 Å². The first-order valence-electron chi connectivity index (χ1n) is 6.78. The number of benzene rings is 2. The lowest BCUT2D eigenvalue weighted by Crippen LogP contribution is -2.37. The second kappa shape index (κ2) is 5.69. The average Bonchev–Trinajstić information content (AvgIpc) is 2.65. The number of rotatable bonds is 2. The van der Waals surface area contributed by atoms with E-state index in [4.69, 9.17) is 11.5 Å². The molecule has 22 heavy (non-hydrogen) atoms. The van der Waals surface area contributed by atoms with Crippen LogP contribution < -0.4 is 16.8 Å². The van der Waals surface area contributed by atoms with Crippen molar-refractivity contribution in [2.45, 2.75) is 6.04 Å². The van der Waals surface area contributed by atoms with Crippen molar-refractivity contribution >= 4 is 29.0 Å². The molecule has 0 spiro atoms. The van der Waals surface area contributed by atoms with Crippen molar-refractivity contribution in [1.29, 1.82) is 0 Å². The summed E-state index contributed by atoms with van der Waals surface area (Å²) in [4.78, 5) is 21.1. The van der Waals surface area contributed by atoms with Crippen LogP contribution in [0.5, 0.6) is 0 Å². The largest absolute Gasteiger partial charge is 0.370 e. The highest BCUT2D eigenvalue weighted by atomic mass is 16.2. The molecule has 1 unspecified atom stereocenters. The third kappa shape index (κ3) is 2.67. The Hall–Kier alpha value is -3.15. The zero-order chi connectivity index (χ0) is 15.5. The first kappa shape index (κ1) is 13.8. The number of guanidine groups is 1. The Labute approximate surface area is 127 Å².